The van der Waals surface area contributed by atoms with Crippen molar-refractivity contribution in [2.45, 2.75) is 30.9 Å². The van der Waals surface area contributed by atoms with E-state index in [4.69, 9.17) is 4.42 Å². The highest BCUT2D eigenvalue weighted by Gasteiger charge is 2.27. The van der Waals surface area contributed by atoms with Crippen LogP contribution < -0.4 is 10.6 Å². The van der Waals surface area contributed by atoms with Crippen LogP contribution in [0.1, 0.15) is 30.2 Å². The number of amides is 3. The second-order valence-electron chi connectivity index (χ2n) is 7.62. The second kappa shape index (κ2) is 10.3. The van der Waals surface area contributed by atoms with Crippen LogP contribution in [0.3, 0.4) is 0 Å². The van der Waals surface area contributed by atoms with Gasteiger partial charge in [0, 0.05) is 30.4 Å². The molecule has 0 unspecified atom stereocenters. The van der Waals surface area contributed by atoms with E-state index in [9.17, 15) is 9.59 Å². The van der Waals surface area contributed by atoms with Crippen LogP contribution in [0.4, 0.5) is 16.2 Å². The van der Waals surface area contributed by atoms with Crippen LogP contribution in [0.25, 0.3) is 0 Å². The first-order chi connectivity index (χ1) is 15.6. The standard InChI is InChI=1S/C23H25N5O3S/c1-16-7-5-6-10-19(16)25-20(29)15-32-23-27-26-21(31-23)17-11-13-28(14-12-17)22(30)24-18-8-3-2-4-9-18/h2-10,17H,11-15H2,1H3,(H,24,30)(H,25,29). The lowest BCUT2D eigenvalue weighted by Gasteiger charge is -2.30. The Morgan fingerprint density at radius 3 is 2.50 bits per heavy atom. The molecule has 166 valence electrons. The van der Waals surface area contributed by atoms with Crippen LogP contribution in [0.5, 0.6) is 0 Å². The minimum Gasteiger partial charge on any atom is -0.416 e. The van der Waals surface area contributed by atoms with Crippen molar-refractivity contribution in [3.8, 4) is 0 Å². The number of thioether (sulfide) groups is 1. The molecule has 0 atom stereocenters. The molecule has 1 saturated heterocycles. The number of benzene rings is 2. The van der Waals surface area contributed by atoms with Gasteiger partial charge in [0.2, 0.25) is 11.8 Å². The van der Waals surface area contributed by atoms with Crippen molar-refractivity contribution >= 4 is 35.1 Å². The zero-order valence-corrected chi connectivity index (χ0v) is 18.6. The third-order valence-electron chi connectivity index (χ3n) is 5.32. The van der Waals surface area contributed by atoms with E-state index in [1.807, 2.05) is 61.5 Å². The molecule has 4 rings (SSSR count). The Balaban J connectivity index is 1.23. The predicted octanol–water partition coefficient (Wildman–Crippen LogP) is 4.52. The Labute approximate surface area is 190 Å². The summed E-state index contributed by atoms with van der Waals surface area (Å²) in [5.74, 6) is 0.740. The van der Waals surface area contributed by atoms with Gasteiger partial charge in [-0.3, -0.25) is 4.79 Å². The summed E-state index contributed by atoms with van der Waals surface area (Å²) in [6, 6.07) is 17.0. The molecule has 32 heavy (non-hydrogen) atoms. The van der Waals surface area contributed by atoms with E-state index in [-0.39, 0.29) is 23.6 Å². The number of rotatable bonds is 6. The van der Waals surface area contributed by atoms with Gasteiger partial charge in [-0.25, -0.2) is 4.79 Å². The molecule has 1 aromatic heterocycles. The summed E-state index contributed by atoms with van der Waals surface area (Å²) in [5, 5.41) is 14.4. The molecule has 1 aliphatic heterocycles. The van der Waals surface area contributed by atoms with Crippen LogP contribution in [-0.4, -0.2) is 45.9 Å². The lowest BCUT2D eigenvalue weighted by atomic mass is 9.97. The number of anilines is 2. The number of urea groups is 1. The van der Waals surface area contributed by atoms with Gasteiger partial charge < -0.3 is 20.0 Å². The second-order valence-corrected chi connectivity index (χ2v) is 8.54. The summed E-state index contributed by atoms with van der Waals surface area (Å²) in [6.45, 7) is 3.18. The van der Waals surface area contributed by atoms with E-state index >= 15 is 0 Å². The van der Waals surface area contributed by atoms with Crippen LogP contribution >= 0.6 is 11.8 Å². The number of likely N-dealkylation sites (tertiary alicyclic amines) is 1. The largest absolute Gasteiger partial charge is 0.416 e. The molecular formula is C23H25N5O3S. The van der Waals surface area contributed by atoms with E-state index in [1.165, 1.54) is 11.8 Å². The number of nitrogens with zero attached hydrogens (tertiary/aromatic N) is 3. The van der Waals surface area contributed by atoms with Crippen molar-refractivity contribution in [2.24, 2.45) is 0 Å². The highest BCUT2D eigenvalue weighted by Crippen LogP contribution is 2.29. The van der Waals surface area contributed by atoms with Gasteiger partial charge in [-0.15, -0.1) is 10.2 Å². The lowest BCUT2D eigenvalue weighted by molar-refractivity contribution is -0.113. The van der Waals surface area contributed by atoms with E-state index in [0.717, 1.165) is 29.8 Å². The van der Waals surface area contributed by atoms with Crippen LogP contribution in [0.2, 0.25) is 0 Å². The number of carbonyl (C=O) groups excluding carboxylic acids is 2. The van der Waals surface area contributed by atoms with Crippen LogP contribution in [-0.2, 0) is 4.79 Å². The smallest absolute Gasteiger partial charge is 0.321 e. The molecule has 9 heteroatoms. The first-order valence-electron chi connectivity index (χ1n) is 10.5. The molecule has 3 amide bonds. The molecule has 2 N–H and O–H groups in total. The highest BCUT2D eigenvalue weighted by atomic mass is 32.2. The SMILES string of the molecule is Cc1ccccc1NC(=O)CSc1nnc(C2CCN(C(=O)Nc3ccccc3)CC2)o1. The number of carbonyl (C=O) groups is 2. The van der Waals surface area contributed by atoms with Crippen molar-refractivity contribution in [1.82, 2.24) is 15.1 Å². The van der Waals surface area contributed by atoms with Crippen molar-refractivity contribution in [1.29, 1.82) is 0 Å². The van der Waals surface area contributed by atoms with Crippen LogP contribution in [0, 0.1) is 6.92 Å². The first-order valence-corrected chi connectivity index (χ1v) is 11.5. The molecule has 0 aliphatic carbocycles. The molecule has 0 saturated carbocycles. The number of hydrogen-bond acceptors (Lipinski definition) is 6. The highest BCUT2D eigenvalue weighted by molar-refractivity contribution is 7.99. The normalized spacial score (nSPS) is 14.2. The lowest BCUT2D eigenvalue weighted by Crippen LogP contribution is -2.40. The van der Waals surface area contributed by atoms with Gasteiger partial charge in [0.05, 0.1) is 5.75 Å². The fourth-order valence-corrected chi connectivity index (χ4v) is 4.09. The maximum Gasteiger partial charge on any atom is 0.321 e. The zero-order valence-electron chi connectivity index (χ0n) is 17.8. The number of para-hydroxylation sites is 2. The molecule has 2 heterocycles. The first kappa shape index (κ1) is 21.9. The number of aryl methyl sites for hydroxylation is 1. The van der Waals surface area contributed by atoms with Gasteiger partial charge in [-0.2, -0.15) is 0 Å². The average molecular weight is 452 g/mol. The Bertz CT molecular complexity index is 1060. The number of nitrogens with one attached hydrogen (secondary N) is 2. The summed E-state index contributed by atoms with van der Waals surface area (Å²) in [6.07, 6.45) is 1.50. The quantitative estimate of drug-likeness (QED) is 0.535. The third kappa shape index (κ3) is 5.67. The predicted molar refractivity (Wildman–Crippen MR) is 124 cm³/mol. The Kier molecular flexibility index (Phi) is 7.06. The van der Waals surface area contributed by atoms with Gasteiger partial charge >= 0.3 is 6.03 Å². The molecular weight excluding hydrogens is 426 g/mol. The Morgan fingerprint density at radius 1 is 1.03 bits per heavy atom. The number of aromatic nitrogens is 2. The summed E-state index contributed by atoms with van der Waals surface area (Å²) in [5.41, 5.74) is 2.59. The summed E-state index contributed by atoms with van der Waals surface area (Å²) in [4.78, 5) is 26.4. The average Bonchev–Trinajstić information content (AvgIpc) is 3.29. The molecule has 0 bridgehead atoms. The van der Waals surface area contributed by atoms with Gasteiger partial charge in [0.25, 0.3) is 5.22 Å². The Morgan fingerprint density at radius 2 is 1.75 bits per heavy atom. The zero-order chi connectivity index (χ0) is 22.3. The van der Waals surface area contributed by atoms with Crippen molar-refractivity contribution in [3.63, 3.8) is 0 Å². The summed E-state index contributed by atoms with van der Waals surface area (Å²) in [7, 11) is 0. The summed E-state index contributed by atoms with van der Waals surface area (Å²) >= 11 is 1.22. The van der Waals surface area contributed by atoms with E-state index in [0.29, 0.717) is 24.2 Å². The molecule has 3 aromatic rings. The summed E-state index contributed by atoms with van der Waals surface area (Å²) < 4.78 is 5.78. The molecule has 1 aliphatic rings. The molecule has 2 aromatic carbocycles. The molecule has 0 radical (unpaired) electrons. The van der Waals surface area contributed by atoms with Crippen molar-refractivity contribution < 1.29 is 14.0 Å². The minimum absolute atomic E-state index is 0.101. The monoisotopic (exact) mass is 451 g/mol. The fourth-order valence-electron chi connectivity index (χ4n) is 3.52. The maximum atomic E-state index is 12.4. The van der Waals surface area contributed by atoms with Gasteiger partial charge in [0.15, 0.2) is 0 Å². The van der Waals surface area contributed by atoms with Gasteiger partial charge in [-0.05, 0) is 43.5 Å². The van der Waals surface area contributed by atoms with Crippen molar-refractivity contribution in [3.05, 3.63) is 66.1 Å². The molecule has 0 spiro atoms. The molecule has 1 fully saturated rings. The topological polar surface area (TPSA) is 100 Å². The van der Waals surface area contributed by atoms with Gasteiger partial charge in [-0.1, -0.05) is 48.2 Å². The fraction of sp³-hybridized carbons (Fsp3) is 0.304. The van der Waals surface area contributed by atoms with Crippen LogP contribution in [0.15, 0.2) is 64.2 Å². The van der Waals surface area contributed by atoms with E-state index < -0.39 is 0 Å². The number of piperidine rings is 1. The third-order valence-corrected chi connectivity index (χ3v) is 6.14. The minimum atomic E-state index is -0.123. The maximum absolute atomic E-state index is 12.4. The Hall–Kier alpha value is -3.33. The van der Waals surface area contributed by atoms with Gasteiger partial charge in [0.1, 0.15) is 0 Å². The molecule has 8 nitrogen and oxygen atoms in total. The van der Waals surface area contributed by atoms with E-state index in [2.05, 4.69) is 20.8 Å². The van der Waals surface area contributed by atoms with E-state index in [1.54, 1.807) is 4.90 Å². The van der Waals surface area contributed by atoms with Crippen molar-refractivity contribution in [2.75, 3.05) is 29.5 Å². The number of hydrogen-bond donors (Lipinski definition) is 2.